The number of nitrogens with two attached hydrogens (primary N) is 1. The summed E-state index contributed by atoms with van der Waals surface area (Å²) in [7, 11) is 0. The number of nitrogens with zero attached hydrogens (tertiary/aromatic N) is 2. The quantitative estimate of drug-likeness (QED) is 0.788. The van der Waals surface area contributed by atoms with Crippen molar-refractivity contribution in [2.24, 2.45) is 11.7 Å². The van der Waals surface area contributed by atoms with Crippen molar-refractivity contribution >= 4 is 5.82 Å². The number of rotatable bonds is 6. The first-order valence-corrected chi connectivity index (χ1v) is 5.98. The lowest BCUT2D eigenvalue weighted by Crippen LogP contribution is -2.34. The SMILES string of the molecule is CC(C)Oc1cncc(NC(CN)C(C)C)n1. The standard InChI is InChI=1S/C12H22N4O/c1-8(2)10(5-13)15-11-6-14-7-12(16-11)17-9(3)4/h6-10H,5,13H2,1-4H3,(H,15,16). The van der Waals surface area contributed by atoms with Gasteiger partial charge in [0.05, 0.1) is 18.5 Å². The largest absolute Gasteiger partial charge is 0.474 e. The average Bonchev–Trinajstić information content (AvgIpc) is 2.25. The van der Waals surface area contributed by atoms with Crippen LogP contribution in [0.25, 0.3) is 0 Å². The molecule has 0 aromatic carbocycles. The highest BCUT2D eigenvalue weighted by Crippen LogP contribution is 2.13. The Morgan fingerprint density at radius 1 is 1.29 bits per heavy atom. The van der Waals surface area contributed by atoms with Crippen LogP contribution in [0, 0.1) is 5.92 Å². The summed E-state index contributed by atoms with van der Waals surface area (Å²) in [6, 6.07) is 0.193. The second kappa shape index (κ2) is 6.39. The molecule has 96 valence electrons. The van der Waals surface area contributed by atoms with Crippen molar-refractivity contribution in [2.75, 3.05) is 11.9 Å². The van der Waals surface area contributed by atoms with Gasteiger partial charge >= 0.3 is 0 Å². The Balaban J connectivity index is 2.70. The fourth-order valence-electron chi connectivity index (χ4n) is 1.40. The minimum absolute atomic E-state index is 0.0926. The van der Waals surface area contributed by atoms with Crippen molar-refractivity contribution in [2.45, 2.75) is 39.8 Å². The molecule has 0 aliphatic rings. The van der Waals surface area contributed by atoms with E-state index in [1.54, 1.807) is 12.4 Å². The summed E-state index contributed by atoms with van der Waals surface area (Å²) in [4.78, 5) is 8.43. The molecule has 5 heteroatoms. The third kappa shape index (κ3) is 4.56. The van der Waals surface area contributed by atoms with Crippen molar-refractivity contribution in [3.63, 3.8) is 0 Å². The molecule has 1 rings (SSSR count). The van der Waals surface area contributed by atoms with Crippen LogP contribution in [-0.2, 0) is 0 Å². The predicted octanol–water partition coefficient (Wildman–Crippen LogP) is 1.66. The van der Waals surface area contributed by atoms with E-state index in [-0.39, 0.29) is 12.1 Å². The second-order valence-corrected chi connectivity index (χ2v) is 4.64. The van der Waals surface area contributed by atoms with E-state index in [4.69, 9.17) is 10.5 Å². The lowest BCUT2D eigenvalue weighted by atomic mass is 10.1. The van der Waals surface area contributed by atoms with Gasteiger partial charge in [0.1, 0.15) is 5.82 Å². The summed E-state index contributed by atoms with van der Waals surface area (Å²) < 4.78 is 5.49. The lowest BCUT2D eigenvalue weighted by molar-refractivity contribution is 0.232. The summed E-state index contributed by atoms with van der Waals surface area (Å²) in [6.45, 7) is 8.71. The second-order valence-electron chi connectivity index (χ2n) is 4.64. The summed E-state index contributed by atoms with van der Waals surface area (Å²) in [6.07, 6.45) is 3.38. The van der Waals surface area contributed by atoms with E-state index in [1.165, 1.54) is 0 Å². The molecule has 0 amide bonds. The smallest absolute Gasteiger partial charge is 0.234 e. The molecule has 1 atom stereocenters. The summed E-state index contributed by atoms with van der Waals surface area (Å²) in [5, 5.41) is 3.26. The Labute approximate surface area is 103 Å². The number of hydrogen-bond acceptors (Lipinski definition) is 5. The Morgan fingerprint density at radius 2 is 2.00 bits per heavy atom. The first-order valence-electron chi connectivity index (χ1n) is 5.98. The molecule has 17 heavy (non-hydrogen) atoms. The number of nitrogens with one attached hydrogen (secondary N) is 1. The Morgan fingerprint density at radius 3 is 2.53 bits per heavy atom. The molecule has 1 aromatic rings. The zero-order valence-corrected chi connectivity index (χ0v) is 11.0. The molecule has 0 saturated carbocycles. The van der Waals surface area contributed by atoms with Gasteiger partial charge in [0.15, 0.2) is 0 Å². The Bertz CT molecular complexity index is 341. The maximum Gasteiger partial charge on any atom is 0.234 e. The molecule has 0 saturated heterocycles. The van der Waals surface area contributed by atoms with Crippen LogP contribution in [-0.4, -0.2) is 28.7 Å². The molecule has 0 fully saturated rings. The van der Waals surface area contributed by atoms with Crippen molar-refractivity contribution in [3.05, 3.63) is 12.4 Å². The Hall–Kier alpha value is -1.36. The molecular weight excluding hydrogens is 216 g/mol. The maximum atomic E-state index is 5.70. The molecule has 3 N–H and O–H groups in total. The van der Waals surface area contributed by atoms with Crippen molar-refractivity contribution in [1.29, 1.82) is 0 Å². The average molecular weight is 238 g/mol. The summed E-state index contributed by atoms with van der Waals surface area (Å²) in [5.74, 6) is 1.67. The van der Waals surface area contributed by atoms with Crippen LogP contribution in [0.4, 0.5) is 5.82 Å². The zero-order chi connectivity index (χ0) is 12.8. The molecule has 1 aromatic heterocycles. The van der Waals surface area contributed by atoms with Gasteiger partial charge in [-0.05, 0) is 19.8 Å². The van der Waals surface area contributed by atoms with E-state index in [9.17, 15) is 0 Å². The minimum Gasteiger partial charge on any atom is -0.474 e. The van der Waals surface area contributed by atoms with Gasteiger partial charge in [-0.2, -0.15) is 4.98 Å². The Kier molecular flexibility index (Phi) is 5.15. The highest BCUT2D eigenvalue weighted by Gasteiger charge is 2.12. The van der Waals surface area contributed by atoms with Crippen molar-refractivity contribution < 1.29 is 4.74 Å². The van der Waals surface area contributed by atoms with E-state index in [0.29, 0.717) is 24.2 Å². The molecule has 0 spiro atoms. The van der Waals surface area contributed by atoms with Crippen LogP contribution in [0.2, 0.25) is 0 Å². The van der Waals surface area contributed by atoms with Gasteiger partial charge in [-0.15, -0.1) is 0 Å². The first kappa shape index (κ1) is 13.7. The summed E-state index contributed by atoms with van der Waals surface area (Å²) >= 11 is 0. The molecule has 1 unspecified atom stereocenters. The lowest BCUT2D eigenvalue weighted by Gasteiger charge is -2.21. The van der Waals surface area contributed by atoms with Crippen LogP contribution in [0.15, 0.2) is 12.4 Å². The number of anilines is 1. The molecular formula is C12H22N4O. The van der Waals surface area contributed by atoms with Gasteiger partial charge in [-0.3, -0.25) is 4.98 Å². The fraction of sp³-hybridized carbons (Fsp3) is 0.667. The molecule has 1 heterocycles. The van der Waals surface area contributed by atoms with Crippen LogP contribution >= 0.6 is 0 Å². The minimum atomic E-state index is 0.0926. The first-order chi connectivity index (χ1) is 8.02. The number of hydrogen-bond donors (Lipinski definition) is 2. The van der Waals surface area contributed by atoms with Gasteiger partial charge in [0, 0.05) is 12.6 Å². The van der Waals surface area contributed by atoms with Crippen LogP contribution in [0.3, 0.4) is 0 Å². The fourth-order valence-corrected chi connectivity index (χ4v) is 1.40. The molecule has 0 radical (unpaired) electrons. The van der Waals surface area contributed by atoms with E-state index in [1.807, 2.05) is 13.8 Å². The molecule has 5 nitrogen and oxygen atoms in total. The van der Waals surface area contributed by atoms with Crippen LogP contribution < -0.4 is 15.8 Å². The number of ether oxygens (including phenoxy) is 1. The third-order valence-electron chi connectivity index (χ3n) is 2.36. The van der Waals surface area contributed by atoms with Gasteiger partial charge in [0.2, 0.25) is 5.88 Å². The highest BCUT2D eigenvalue weighted by atomic mass is 16.5. The topological polar surface area (TPSA) is 73.1 Å². The van der Waals surface area contributed by atoms with Crippen LogP contribution in [0.1, 0.15) is 27.7 Å². The predicted molar refractivity (Wildman–Crippen MR) is 69.1 cm³/mol. The van der Waals surface area contributed by atoms with E-state index in [0.717, 1.165) is 0 Å². The normalized spacial score (nSPS) is 12.9. The van der Waals surface area contributed by atoms with Crippen molar-refractivity contribution in [1.82, 2.24) is 9.97 Å². The molecule has 0 bridgehead atoms. The highest BCUT2D eigenvalue weighted by molar-refractivity contribution is 5.34. The molecule has 0 aliphatic heterocycles. The third-order valence-corrected chi connectivity index (χ3v) is 2.36. The van der Waals surface area contributed by atoms with Crippen molar-refractivity contribution in [3.8, 4) is 5.88 Å². The van der Waals surface area contributed by atoms with E-state index in [2.05, 4.69) is 29.1 Å². The van der Waals surface area contributed by atoms with Gasteiger partial charge in [-0.1, -0.05) is 13.8 Å². The zero-order valence-electron chi connectivity index (χ0n) is 11.0. The molecule has 0 aliphatic carbocycles. The monoisotopic (exact) mass is 238 g/mol. The maximum absolute atomic E-state index is 5.70. The van der Waals surface area contributed by atoms with Gasteiger partial charge in [-0.25, -0.2) is 0 Å². The summed E-state index contributed by atoms with van der Waals surface area (Å²) in [5.41, 5.74) is 5.70. The van der Waals surface area contributed by atoms with E-state index < -0.39 is 0 Å². The van der Waals surface area contributed by atoms with Gasteiger partial charge in [0.25, 0.3) is 0 Å². The van der Waals surface area contributed by atoms with Gasteiger partial charge < -0.3 is 15.8 Å². The number of aromatic nitrogens is 2. The van der Waals surface area contributed by atoms with Crippen LogP contribution in [0.5, 0.6) is 5.88 Å². The van der Waals surface area contributed by atoms with E-state index >= 15 is 0 Å².